The van der Waals surface area contributed by atoms with Gasteiger partial charge < -0.3 is 14.4 Å². The Hall–Kier alpha value is -3.41. The van der Waals surface area contributed by atoms with Crippen molar-refractivity contribution in [1.29, 1.82) is 0 Å². The molecule has 0 bridgehead atoms. The molecule has 4 rings (SSSR count). The van der Waals surface area contributed by atoms with Crippen LogP contribution in [-0.4, -0.2) is 32.5 Å². The smallest absolute Gasteiger partial charge is 0.276 e. The molecule has 0 atom stereocenters. The molecule has 0 radical (unpaired) electrons. The van der Waals surface area contributed by atoms with Crippen molar-refractivity contribution in [3.63, 3.8) is 0 Å². The number of fused-ring (bicyclic) bond motifs is 1. The van der Waals surface area contributed by atoms with Gasteiger partial charge in [-0.25, -0.2) is 0 Å². The van der Waals surface area contributed by atoms with Crippen molar-refractivity contribution in [2.75, 3.05) is 6.54 Å². The van der Waals surface area contributed by atoms with Gasteiger partial charge in [0.2, 0.25) is 0 Å². The number of hydrogen-bond donors (Lipinski definition) is 1. The summed E-state index contributed by atoms with van der Waals surface area (Å²) in [5, 5.41) is 5.14. The standard InChI is InChI=1S/C22H22N4O2/c1-2-18-12-21(25-28-18)22(27)26(15-16-6-5-10-23-13-16)11-9-17-14-24-20-8-4-3-7-19(17)20/h3-8,10,12-14,24H,2,9,11,15H2,1H3. The van der Waals surface area contributed by atoms with Crippen molar-refractivity contribution in [1.82, 2.24) is 20.0 Å². The Kier molecular flexibility index (Phi) is 5.19. The van der Waals surface area contributed by atoms with E-state index in [9.17, 15) is 4.79 Å². The maximum atomic E-state index is 13.1. The van der Waals surface area contributed by atoms with Gasteiger partial charge in [-0.2, -0.15) is 0 Å². The van der Waals surface area contributed by atoms with Crippen molar-refractivity contribution in [3.8, 4) is 0 Å². The van der Waals surface area contributed by atoms with E-state index in [1.165, 1.54) is 10.9 Å². The van der Waals surface area contributed by atoms with E-state index in [1.807, 2.05) is 37.4 Å². The molecule has 0 aliphatic rings. The van der Waals surface area contributed by atoms with E-state index in [0.717, 1.165) is 17.5 Å². The third-order valence-corrected chi connectivity index (χ3v) is 4.84. The van der Waals surface area contributed by atoms with Crippen LogP contribution in [0.1, 0.15) is 34.3 Å². The number of aromatic nitrogens is 3. The number of H-pyrrole nitrogens is 1. The molecule has 0 aliphatic carbocycles. The minimum atomic E-state index is -0.132. The van der Waals surface area contributed by atoms with E-state index >= 15 is 0 Å². The highest BCUT2D eigenvalue weighted by atomic mass is 16.5. The van der Waals surface area contributed by atoms with Gasteiger partial charge in [-0.15, -0.1) is 0 Å². The number of carbonyl (C=O) groups excluding carboxylic acids is 1. The Labute approximate surface area is 163 Å². The van der Waals surface area contributed by atoms with Gasteiger partial charge in [-0.3, -0.25) is 9.78 Å². The lowest BCUT2D eigenvalue weighted by atomic mass is 10.1. The quantitative estimate of drug-likeness (QED) is 0.531. The van der Waals surface area contributed by atoms with Crippen LogP contribution in [0, 0.1) is 0 Å². The van der Waals surface area contributed by atoms with Gasteiger partial charge in [0.05, 0.1) is 0 Å². The highest BCUT2D eigenvalue weighted by molar-refractivity contribution is 5.92. The summed E-state index contributed by atoms with van der Waals surface area (Å²) in [6.45, 7) is 3.02. The molecular formula is C22H22N4O2. The number of amides is 1. The SMILES string of the molecule is CCc1cc(C(=O)N(CCc2c[nH]c3ccccc23)Cc2cccnc2)no1. The van der Waals surface area contributed by atoms with E-state index in [2.05, 4.69) is 27.3 Å². The predicted octanol–water partition coefficient (Wildman–Crippen LogP) is 4.00. The number of benzene rings is 1. The first kappa shape index (κ1) is 18.0. The molecule has 3 heterocycles. The molecule has 1 amide bonds. The molecule has 1 N–H and O–H groups in total. The summed E-state index contributed by atoms with van der Waals surface area (Å²) in [5.74, 6) is 0.577. The molecule has 0 fully saturated rings. The average Bonchev–Trinajstić information content (AvgIpc) is 3.38. The number of nitrogens with zero attached hydrogens (tertiary/aromatic N) is 3. The summed E-state index contributed by atoms with van der Waals surface area (Å²) < 4.78 is 5.23. The van der Waals surface area contributed by atoms with Gasteiger partial charge in [0, 0.05) is 55.1 Å². The van der Waals surface area contributed by atoms with E-state index in [-0.39, 0.29) is 5.91 Å². The van der Waals surface area contributed by atoms with Crippen LogP contribution < -0.4 is 0 Å². The van der Waals surface area contributed by atoms with Crippen LogP contribution in [0.5, 0.6) is 0 Å². The van der Waals surface area contributed by atoms with Crippen molar-refractivity contribution >= 4 is 16.8 Å². The summed E-state index contributed by atoms with van der Waals surface area (Å²) in [4.78, 5) is 22.3. The Morgan fingerprint density at radius 3 is 2.89 bits per heavy atom. The normalized spacial score (nSPS) is 11.0. The summed E-state index contributed by atoms with van der Waals surface area (Å²) >= 11 is 0. The number of rotatable bonds is 7. The second-order valence-electron chi connectivity index (χ2n) is 6.73. The number of carbonyl (C=O) groups is 1. The van der Waals surface area contributed by atoms with Crippen LogP contribution in [0.3, 0.4) is 0 Å². The zero-order chi connectivity index (χ0) is 19.3. The van der Waals surface area contributed by atoms with Crippen LogP contribution in [0.15, 0.2) is 65.6 Å². The molecule has 0 aliphatic heterocycles. The minimum absolute atomic E-state index is 0.132. The van der Waals surface area contributed by atoms with Crippen molar-refractivity contribution in [2.45, 2.75) is 26.3 Å². The summed E-state index contributed by atoms with van der Waals surface area (Å²) in [6, 6.07) is 13.8. The number of nitrogens with one attached hydrogen (secondary N) is 1. The van der Waals surface area contributed by atoms with Gasteiger partial charge in [0.1, 0.15) is 5.76 Å². The Balaban J connectivity index is 1.56. The van der Waals surface area contributed by atoms with Gasteiger partial charge >= 0.3 is 0 Å². The maximum absolute atomic E-state index is 13.1. The number of pyridine rings is 1. The zero-order valence-electron chi connectivity index (χ0n) is 15.8. The van der Waals surface area contributed by atoms with E-state index < -0.39 is 0 Å². The highest BCUT2D eigenvalue weighted by Gasteiger charge is 2.20. The second-order valence-corrected chi connectivity index (χ2v) is 6.73. The van der Waals surface area contributed by atoms with Crippen LogP contribution in [0.4, 0.5) is 0 Å². The summed E-state index contributed by atoms with van der Waals surface area (Å²) in [6.07, 6.45) is 6.98. The van der Waals surface area contributed by atoms with E-state index in [0.29, 0.717) is 31.0 Å². The molecule has 0 unspecified atom stereocenters. The van der Waals surface area contributed by atoms with Crippen LogP contribution in [0.2, 0.25) is 0 Å². The fraction of sp³-hybridized carbons (Fsp3) is 0.227. The topological polar surface area (TPSA) is 75.0 Å². The van der Waals surface area contributed by atoms with Gasteiger partial charge in [-0.1, -0.05) is 36.3 Å². The second kappa shape index (κ2) is 8.08. The third-order valence-electron chi connectivity index (χ3n) is 4.84. The number of aromatic amines is 1. The Morgan fingerprint density at radius 1 is 1.21 bits per heavy atom. The Bertz CT molecular complexity index is 1070. The van der Waals surface area contributed by atoms with Crippen LogP contribution in [-0.2, 0) is 19.4 Å². The van der Waals surface area contributed by atoms with Crippen molar-refractivity contribution in [3.05, 3.63) is 83.6 Å². The number of para-hydroxylation sites is 1. The van der Waals surface area contributed by atoms with Gasteiger partial charge in [0.15, 0.2) is 5.69 Å². The fourth-order valence-corrected chi connectivity index (χ4v) is 3.30. The Morgan fingerprint density at radius 2 is 2.11 bits per heavy atom. The molecule has 0 spiro atoms. The van der Waals surface area contributed by atoms with Crippen molar-refractivity contribution < 1.29 is 9.32 Å². The van der Waals surface area contributed by atoms with Gasteiger partial charge in [-0.05, 0) is 29.7 Å². The lowest BCUT2D eigenvalue weighted by Crippen LogP contribution is -2.32. The minimum Gasteiger partial charge on any atom is -0.361 e. The van der Waals surface area contributed by atoms with E-state index in [1.54, 1.807) is 23.4 Å². The molecule has 4 aromatic rings. The van der Waals surface area contributed by atoms with Crippen LogP contribution >= 0.6 is 0 Å². The molecule has 0 saturated heterocycles. The summed E-state index contributed by atoms with van der Waals surface area (Å²) in [5.41, 5.74) is 3.62. The number of aryl methyl sites for hydroxylation is 1. The molecule has 28 heavy (non-hydrogen) atoms. The molecule has 3 aromatic heterocycles. The van der Waals surface area contributed by atoms with Gasteiger partial charge in [0.25, 0.3) is 5.91 Å². The van der Waals surface area contributed by atoms with Crippen LogP contribution in [0.25, 0.3) is 10.9 Å². The molecule has 6 heteroatoms. The first-order chi connectivity index (χ1) is 13.7. The molecule has 142 valence electrons. The summed E-state index contributed by atoms with van der Waals surface area (Å²) in [7, 11) is 0. The average molecular weight is 374 g/mol. The predicted molar refractivity (Wildman–Crippen MR) is 107 cm³/mol. The molecular weight excluding hydrogens is 352 g/mol. The maximum Gasteiger partial charge on any atom is 0.276 e. The van der Waals surface area contributed by atoms with Crippen molar-refractivity contribution in [2.24, 2.45) is 0 Å². The lowest BCUT2D eigenvalue weighted by Gasteiger charge is -2.21. The first-order valence-electron chi connectivity index (χ1n) is 9.43. The zero-order valence-corrected chi connectivity index (χ0v) is 15.8. The molecule has 1 aromatic carbocycles. The fourth-order valence-electron chi connectivity index (χ4n) is 3.30. The lowest BCUT2D eigenvalue weighted by molar-refractivity contribution is 0.0734. The number of hydrogen-bond acceptors (Lipinski definition) is 4. The first-order valence-corrected chi connectivity index (χ1v) is 9.43. The largest absolute Gasteiger partial charge is 0.361 e. The van der Waals surface area contributed by atoms with E-state index in [4.69, 9.17) is 4.52 Å². The monoisotopic (exact) mass is 374 g/mol. The third kappa shape index (κ3) is 3.81. The molecule has 6 nitrogen and oxygen atoms in total. The highest BCUT2D eigenvalue weighted by Crippen LogP contribution is 2.19. The molecule has 0 saturated carbocycles.